The number of methoxy groups -OCH3 is 1. The van der Waals surface area contributed by atoms with Gasteiger partial charge in [0.15, 0.2) is 0 Å². The number of nitrogens with zero attached hydrogens (tertiary/aromatic N) is 2. The molecule has 0 atom stereocenters. The van der Waals surface area contributed by atoms with Crippen LogP contribution in [0, 0.1) is 11.3 Å². The summed E-state index contributed by atoms with van der Waals surface area (Å²) >= 11 is 0. The zero-order chi connectivity index (χ0) is 16.2. The van der Waals surface area contributed by atoms with E-state index in [2.05, 4.69) is 16.4 Å². The lowest BCUT2D eigenvalue weighted by atomic mass is 10.1. The predicted octanol–water partition coefficient (Wildman–Crippen LogP) is 3.64. The van der Waals surface area contributed by atoms with Gasteiger partial charge in [-0.3, -0.25) is 4.98 Å². The van der Waals surface area contributed by atoms with Crippen LogP contribution in [0.5, 0.6) is 0 Å². The molecule has 3 aromatic rings. The molecule has 0 radical (unpaired) electrons. The number of pyridine rings is 1. The smallest absolute Gasteiger partial charge is 0.337 e. The van der Waals surface area contributed by atoms with Crippen molar-refractivity contribution in [3.05, 3.63) is 65.9 Å². The first-order valence-electron chi connectivity index (χ1n) is 6.95. The summed E-state index contributed by atoms with van der Waals surface area (Å²) in [5.41, 5.74) is 3.39. The Kier molecular flexibility index (Phi) is 3.89. The molecule has 0 saturated carbocycles. The number of carbonyl (C=O) groups excluding carboxylic acids is 1. The van der Waals surface area contributed by atoms with Gasteiger partial charge in [-0.05, 0) is 42.5 Å². The van der Waals surface area contributed by atoms with E-state index < -0.39 is 0 Å². The van der Waals surface area contributed by atoms with E-state index >= 15 is 0 Å². The van der Waals surface area contributed by atoms with Crippen molar-refractivity contribution < 1.29 is 9.53 Å². The molecule has 1 aromatic heterocycles. The zero-order valence-corrected chi connectivity index (χ0v) is 12.4. The van der Waals surface area contributed by atoms with Gasteiger partial charge in [0.2, 0.25) is 0 Å². The van der Waals surface area contributed by atoms with Crippen LogP contribution in [0.3, 0.4) is 0 Å². The number of fused-ring (bicyclic) bond motifs is 1. The molecule has 0 saturated heterocycles. The molecule has 0 bridgehead atoms. The summed E-state index contributed by atoms with van der Waals surface area (Å²) in [6.07, 6.45) is 1.70. The highest BCUT2D eigenvalue weighted by Gasteiger charge is 2.07. The number of anilines is 2. The van der Waals surface area contributed by atoms with Crippen molar-refractivity contribution in [3.8, 4) is 6.07 Å². The number of nitrogens with one attached hydrogen (secondary N) is 1. The summed E-state index contributed by atoms with van der Waals surface area (Å²) < 4.78 is 4.73. The highest BCUT2D eigenvalue weighted by atomic mass is 16.5. The van der Waals surface area contributed by atoms with Gasteiger partial charge in [-0.15, -0.1) is 0 Å². The quantitative estimate of drug-likeness (QED) is 0.748. The van der Waals surface area contributed by atoms with Crippen molar-refractivity contribution in [1.82, 2.24) is 4.98 Å². The van der Waals surface area contributed by atoms with Gasteiger partial charge in [-0.2, -0.15) is 5.26 Å². The fourth-order valence-electron chi connectivity index (χ4n) is 2.32. The number of esters is 1. The monoisotopic (exact) mass is 303 g/mol. The molecule has 23 heavy (non-hydrogen) atoms. The van der Waals surface area contributed by atoms with Gasteiger partial charge in [-0.25, -0.2) is 4.79 Å². The Morgan fingerprint density at radius 3 is 2.87 bits per heavy atom. The van der Waals surface area contributed by atoms with Crippen LogP contribution in [0.15, 0.2) is 54.7 Å². The first kappa shape index (κ1) is 14.5. The molecular weight excluding hydrogens is 290 g/mol. The second-order valence-corrected chi connectivity index (χ2v) is 4.90. The summed E-state index contributed by atoms with van der Waals surface area (Å²) in [6.45, 7) is 0. The van der Waals surface area contributed by atoms with Gasteiger partial charge in [-0.1, -0.05) is 6.07 Å². The molecule has 5 heteroatoms. The van der Waals surface area contributed by atoms with E-state index in [0.29, 0.717) is 11.1 Å². The van der Waals surface area contributed by atoms with E-state index in [0.717, 1.165) is 22.3 Å². The molecule has 2 aromatic carbocycles. The number of hydrogen-bond acceptors (Lipinski definition) is 5. The topological polar surface area (TPSA) is 75.0 Å². The minimum Gasteiger partial charge on any atom is -0.465 e. The summed E-state index contributed by atoms with van der Waals surface area (Å²) in [6, 6.07) is 16.3. The third kappa shape index (κ3) is 2.97. The standard InChI is InChI=1S/C18H13N3O2/c1-23-18(22)13-3-2-4-14(10-13)21-17-7-8-20-16-6-5-12(11-19)9-15(16)17/h2-10H,1H3,(H,20,21). The lowest BCUT2D eigenvalue weighted by Gasteiger charge is -2.10. The van der Waals surface area contributed by atoms with Crippen LogP contribution in [-0.4, -0.2) is 18.1 Å². The first-order valence-corrected chi connectivity index (χ1v) is 6.95. The number of aromatic nitrogens is 1. The van der Waals surface area contributed by atoms with Gasteiger partial charge >= 0.3 is 5.97 Å². The second-order valence-electron chi connectivity index (χ2n) is 4.90. The van der Waals surface area contributed by atoms with Crippen LogP contribution in [0.25, 0.3) is 10.9 Å². The van der Waals surface area contributed by atoms with Gasteiger partial charge in [0.1, 0.15) is 0 Å². The first-order chi connectivity index (χ1) is 11.2. The Hall–Kier alpha value is -3.39. The molecule has 0 fully saturated rings. The summed E-state index contributed by atoms with van der Waals surface area (Å²) in [5.74, 6) is -0.389. The third-order valence-corrected chi connectivity index (χ3v) is 3.43. The van der Waals surface area contributed by atoms with Crippen molar-refractivity contribution >= 4 is 28.2 Å². The molecule has 112 valence electrons. The summed E-state index contributed by atoms with van der Waals surface area (Å²) in [4.78, 5) is 15.9. The van der Waals surface area contributed by atoms with Crippen molar-refractivity contribution in [3.63, 3.8) is 0 Å². The molecule has 5 nitrogen and oxygen atoms in total. The van der Waals surface area contributed by atoms with Gasteiger partial charge in [0.05, 0.1) is 29.8 Å². The molecule has 1 heterocycles. The minimum absolute atomic E-state index is 0.389. The van der Waals surface area contributed by atoms with Crippen molar-refractivity contribution in [2.45, 2.75) is 0 Å². The average molecular weight is 303 g/mol. The zero-order valence-electron chi connectivity index (χ0n) is 12.4. The SMILES string of the molecule is COC(=O)c1cccc(Nc2ccnc3ccc(C#N)cc23)c1. The van der Waals surface area contributed by atoms with Gasteiger partial charge in [0, 0.05) is 23.0 Å². The van der Waals surface area contributed by atoms with E-state index in [9.17, 15) is 4.79 Å². The number of hydrogen-bond donors (Lipinski definition) is 1. The lowest BCUT2D eigenvalue weighted by Crippen LogP contribution is -2.02. The van der Waals surface area contributed by atoms with E-state index in [1.165, 1.54) is 7.11 Å². The summed E-state index contributed by atoms with van der Waals surface area (Å²) in [5, 5.41) is 13.2. The fourth-order valence-corrected chi connectivity index (χ4v) is 2.32. The molecule has 0 aliphatic rings. The van der Waals surface area contributed by atoms with Crippen LogP contribution < -0.4 is 5.32 Å². The Balaban J connectivity index is 2.02. The van der Waals surface area contributed by atoms with Crippen LogP contribution in [0.2, 0.25) is 0 Å². The molecule has 0 spiro atoms. The van der Waals surface area contributed by atoms with E-state index in [1.54, 1.807) is 36.5 Å². The Morgan fingerprint density at radius 2 is 2.09 bits per heavy atom. The van der Waals surface area contributed by atoms with Gasteiger partial charge < -0.3 is 10.1 Å². The van der Waals surface area contributed by atoms with Crippen molar-refractivity contribution in [2.24, 2.45) is 0 Å². The van der Waals surface area contributed by atoms with Crippen LogP contribution in [0.4, 0.5) is 11.4 Å². The number of benzene rings is 2. The van der Waals surface area contributed by atoms with Crippen LogP contribution in [0.1, 0.15) is 15.9 Å². The van der Waals surface area contributed by atoms with Crippen LogP contribution >= 0.6 is 0 Å². The number of carbonyl (C=O) groups is 1. The molecule has 0 unspecified atom stereocenters. The second kappa shape index (κ2) is 6.16. The predicted molar refractivity (Wildman–Crippen MR) is 87.5 cm³/mol. The molecular formula is C18H13N3O2. The Morgan fingerprint density at radius 1 is 1.22 bits per heavy atom. The lowest BCUT2D eigenvalue weighted by molar-refractivity contribution is 0.0601. The third-order valence-electron chi connectivity index (χ3n) is 3.43. The maximum absolute atomic E-state index is 11.6. The fraction of sp³-hybridized carbons (Fsp3) is 0.0556. The molecule has 0 aliphatic heterocycles. The highest BCUT2D eigenvalue weighted by molar-refractivity contribution is 5.95. The average Bonchev–Trinajstić information content (AvgIpc) is 2.61. The van der Waals surface area contributed by atoms with Crippen molar-refractivity contribution in [2.75, 3.05) is 12.4 Å². The van der Waals surface area contributed by atoms with Gasteiger partial charge in [0.25, 0.3) is 0 Å². The van der Waals surface area contributed by atoms with Crippen molar-refractivity contribution in [1.29, 1.82) is 5.26 Å². The molecule has 0 aliphatic carbocycles. The highest BCUT2D eigenvalue weighted by Crippen LogP contribution is 2.26. The Labute approximate surface area is 133 Å². The number of nitriles is 1. The van der Waals surface area contributed by atoms with E-state index in [4.69, 9.17) is 10.00 Å². The van der Waals surface area contributed by atoms with E-state index in [-0.39, 0.29) is 5.97 Å². The number of ether oxygens (including phenoxy) is 1. The Bertz CT molecular complexity index is 929. The maximum atomic E-state index is 11.6. The normalized spacial score (nSPS) is 10.1. The molecule has 0 amide bonds. The minimum atomic E-state index is -0.389. The largest absolute Gasteiger partial charge is 0.465 e. The molecule has 1 N–H and O–H groups in total. The van der Waals surface area contributed by atoms with E-state index in [1.807, 2.05) is 18.2 Å². The molecule has 3 rings (SSSR count). The summed E-state index contributed by atoms with van der Waals surface area (Å²) in [7, 11) is 1.35. The number of rotatable bonds is 3. The maximum Gasteiger partial charge on any atom is 0.337 e. The van der Waals surface area contributed by atoms with Crippen LogP contribution in [-0.2, 0) is 4.74 Å².